The van der Waals surface area contributed by atoms with Crippen LogP contribution in [0.3, 0.4) is 0 Å². The van der Waals surface area contributed by atoms with E-state index in [0.29, 0.717) is 11.3 Å². The number of carbonyl (C=O) groups is 1. The molecular weight excluding hydrogens is 210 g/mol. The molecule has 0 saturated heterocycles. The first-order valence-electron chi connectivity index (χ1n) is 4.80. The Balaban J connectivity index is 2.64. The summed E-state index contributed by atoms with van der Waals surface area (Å²) < 4.78 is 5.26. The number of nitrogens with two attached hydrogens (primary N) is 1. The molecule has 0 aliphatic heterocycles. The van der Waals surface area contributed by atoms with Crippen molar-refractivity contribution in [1.29, 1.82) is 0 Å². The van der Waals surface area contributed by atoms with Gasteiger partial charge in [-0.25, -0.2) is 0 Å². The van der Waals surface area contributed by atoms with E-state index in [-0.39, 0.29) is 13.2 Å². The van der Waals surface area contributed by atoms with Crippen LogP contribution >= 0.6 is 0 Å². The van der Waals surface area contributed by atoms with Gasteiger partial charge in [-0.3, -0.25) is 4.79 Å². The zero-order valence-corrected chi connectivity index (χ0v) is 9.01. The van der Waals surface area contributed by atoms with Gasteiger partial charge in [-0.15, -0.1) is 0 Å². The van der Waals surface area contributed by atoms with Crippen LogP contribution in [0.5, 0.6) is 5.75 Å². The number of carboxylic acids is 1. The molecule has 4 N–H and O–H groups in total. The Kier molecular flexibility index (Phi) is 3.87. The molecule has 0 spiro atoms. The smallest absolute Gasteiger partial charge is 0.326 e. The summed E-state index contributed by atoms with van der Waals surface area (Å²) >= 11 is 0. The van der Waals surface area contributed by atoms with E-state index in [4.69, 9.17) is 20.7 Å². The van der Waals surface area contributed by atoms with Crippen molar-refractivity contribution in [3.05, 3.63) is 29.8 Å². The number of rotatable bonds is 5. The van der Waals surface area contributed by atoms with Crippen LogP contribution in [0.4, 0.5) is 0 Å². The maximum Gasteiger partial charge on any atom is 0.326 e. The van der Waals surface area contributed by atoms with Crippen LogP contribution < -0.4 is 10.5 Å². The quantitative estimate of drug-likeness (QED) is 0.672. The molecule has 0 aliphatic rings. The van der Waals surface area contributed by atoms with E-state index in [1.807, 2.05) is 0 Å². The van der Waals surface area contributed by atoms with Gasteiger partial charge in [-0.1, -0.05) is 12.1 Å². The van der Waals surface area contributed by atoms with Gasteiger partial charge in [-0.05, 0) is 24.6 Å². The highest BCUT2D eigenvalue weighted by atomic mass is 16.5. The Morgan fingerprint density at radius 1 is 1.56 bits per heavy atom. The molecule has 1 aromatic carbocycles. The number of aliphatic carboxylic acids is 1. The summed E-state index contributed by atoms with van der Waals surface area (Å²) in [5, 5.41) is 17.7. The average Bonchev–Trinajstić information content (AvgIpc) is 2.26. The number of hydrogen-bond donors (Lipinski definition) is 3. The van der Waals surface area contributed by atoms with Gasteiger partial charge >= 0.3 is 5.97 Å². The van der Waals surface area contributed by atoms with Gasteiger partial charge in [-0.2, -0.15) is 0 Å². The molecule has 1 rings (SSSR count). The summed E-state index contributed by atoms with van der Waals surface area (Å²) in [6.07, 6.45) is 0. The highest BCUT2D eigenvalue weighted by Crippen LogP contribution is 2.14. The van der Waals surface area contributed by atoms with Crippen LogP contribution in [0.2, 0.25) is 0 Å². The number of ether oxygens (including phenoxy) is 1. The molecule has 5 nitrogen and oxygen atoms in total. The summed E-state index contributed by atoms with van der Waals surface area (Å²) in [4.78, 5) is 10.7. The largest absolute Gasteiger partial charge is 0.491 e. The third-order valence-electron chi connectivity index (χ3n) is 2.11. The molecule has 1 aromatic rings. The van der Waals surface area contributed by atoms with E-state index < -0.39 is 11.5 Å². The molecule has 1 unspecified atom stereocenters. The van der Waals surface area contributed by atoms with Crippen molar-refractivity contribution < 1.29 is 19.7 Å². The van der Waals surface area contributed by atoms with Crippen molar-refractivity contribution in [1.82, 2.24) is 0 Å². The van der Waals surface area contributed by atoms with E-state index in [0.717, 1.165) is 0 Å². The third kappa shape index (κ3) is 3.22. The van der Waals surface area contributed by atoms with Gasteiger partial charge in [0.15, 0.2) is 0 Å². The molecule has 5 heteroatoms. The van der Waals surface area contributed by atoms with Crippen molar-refractivity contribution in [2.45, 2.75) is 19.1 Å². The van der Waals surface area contributed by atoms with Gasteiger partial charge in [0.25, 0.3) is 0 Å². The topological polar surface area (TPSA) is 92.8 Å². The van der Waals surface area contributed by atoms with Crippen LogP contribution in [0.15, 0.2) is 24.3 Å². The maximum absolute atomic E-state index is 10.7. The highest BCUT2D eigenvalue weighted by Gasteiger charge is 2.28. The van der Waals surface area contributed by atoms with Gasteiger partial charge in [0.1, 0.15) is 17.9 Å². The number of carboxylic acid groups (broad SMARTS) is 1. The summed E-state index contributed by atoms with van der Waals surface area (Å²) in [6, 6.07) is 6.77. The monoisotopic (exact) mass is 225 g/mol. The Hall–Kier alpha value is -1.59. The fourth-order valence-corrected chi connectivity index (χ4v) is 1.03. The third-order valence-corrected chi connectivity index (χ3v) is 2.11. The second kappa shape index (κ2) is 4.96. The van der Waals surface area contributed by atoms with Crippen molar-refractivity contribution in [2.24, 2.45) is 5.73 Å². The molecule has 0 saturated carbocycles. The van der Waals surface area contributed by atoms with Gasteiger partial charge in [0.2, 0.25) is 0 Å². The van der Waals surface area contributed by atoms with Crippen molar-refractivity contribution in [2.75, 3.05) is 6.61 Å². The highest BCUT2D eigenvalue weighted by molar-refractivity contribution is 5.78. The molecule has 0 radical (unpaired) electrons. The first-order chi connectivity index (χ1) is 7.45. The minimum Gasteiger partial charge on any atom is -0.491 e. The summed E-state index contributed by atoms with van der Waals surface area (Å²) in [6.45, 7) is 1.17. The fourth-order valence-electron chi connectivity index (χ4n) is 1.03. The Bertz CT molecular complexity index is 376. The molecule has 16 heavy (non-hydrogen) atoms. The summed E-state index contributed by atoms with van der Waals surface area (Å²) in [5.41, 5.74) is 4.78. The van der Waals surface area contributed by atoms with E-state index in [1.54, 1.807) is 24.3 Å². The molecule has 1 atom stereocenters. The lowest BCUT2D eigenvalue weighted by molar-refractivity contribution is -0.143. The van der Waals surface area contributed by atoms with Crippen LogP contribution in [0, 0.1) is 0 Å². The summed E-state index contributed by atoms with van der Waals surface area (Å²) in [5.74, 6) is -0.629. The molecule has 0 heterocycles. The lowest BCUT2D eigenvalue weighted by atomic mass is 10.1. The van der Waals surface area contributed by atoms with E-state index >= 15 is 0 Å². The Morgan fingerprint density at radius 2 is 2.25 bits per heavy atom. The SMILES string of the molecule is CC(N)(COc1cccc(CO)c1)C(=O)O. The maximum atomic E-state index is 10.7. The first-order valence-corrected chi connectivity index (χ1v) is 4.80. The molecule has 0 fully saturated rings. The lowest BCUT2D eigenvalue weighted by Crippen LogP contribution is -2.49. The van der Waals surface area contributed by atoms with Crippen molar-refractivity contribution in [3.8, 4) is 5.75 Å². The number of aliphatic hydroxyl groups excluding tert-OH is 1. The second-order valence-corrected chi connectivity index (χ2v) is 3.82. The fraction of sp³-hybridized carbons (Fsp3) is 0.364. The molecule has 0 aliphatic carbocycles. The Labute approximate surface area is 93.5 Å². The Morgan fingerprint density at radius 3 is 2.81 bits per heavy atom. The molecule has 0 bridgehead atoms. The average molecular weight is 225 g/mol. The summed E-state index contributed by atoms with van der Waals surface area (Å²) in [7, 11) is 0. The number of benzene rings is 1. The molecule has 88 valence electrons. The minimum atomic E-state index is -1.42. The van der Waals surface area contributed by atoms with Crippen molar-refractivity contribution >= 4 is 5.97 Å². The molecule has 0 aromatic heterocycles. The predicted molar refractivity (Wildman–Crippen MR) is 58.1 cm³/mol. The van der Waals surface area contributed by atoms with Gasteiger partial charge in [0.05, 0.1) is 6.61 Å². The second-order valence-electron chi connectivity index (χ2n) is 3.82. The van der Waals surface area contributed by atoms with Crippen LogP contribution in [0.1, 0.15) is 12.5 Å². The standard InChI is InChI=1S/C11H15NO4/c1-11(12,10(14)15)7-16-9-4-2-3-8(5-9)6-13/h2-5,13H,6-7,12H2,1H3,(H,14,15). The van der Waals surface area contributed by atoms with Gasteiger partial charge < -0.3 is 20.7 Å². The molecule has 0 amide bonds. The first kappa shape index (κ1) is 12.5. The van der Waals surface area contributed by atoms with Crippen LogP contribution in [0.25, 0.3) is 0 Å². The minimum absolute atomic E-state index is 0.0873. The zero-order valence-electron chi connectivity index (χ0n) is 9.01. The van der Waals surface area contributed by atoms with Crippen LogP contribution in [-0.2, 0) is 11.4 Å². The normalized spacial score (nSPS) is 14.2. The number of aliphatic hydroxyl groups is 1. The molecular formula is C11H15NO4. The van der Waals surface area contributed by atoms with E-state index in [2.05, 4.69) is 0 Å². The predicted octanol–water partition coefficient (Wildman–Crippen LogP) is 0.360. The van der Waals surface area contributed by atoms with Gasteiger partial charge in [0, 0.05) is 0 Å². The van der Waals surface area contributed by atoms with E-state index in [9.17, 15) is 4.79 Å². The van der Waals surface area contributed by atoms with E-state index in [1.165, 1.54) is 6.92 Å². The van der Waals surface area contributed by atoms with Crippen molar-refractivity contribution in [3.63, 3.8) is 0 Å². The number of hydrogen-bond acceptors (Lipinski definition) is 4. The van der Waals surface area contributed by atoms with Crippen LogP contribution in [-0.4, -0.2) is 28.3 Å². The lowest BCUT2D eigenvalue weighted by Gasteiger charge is -2.19. The zero-order chi connectivity index (χ0) is 12.2.